The van der Waals surface area contributed by atoms with Gasteiger partial charge >= 0.3 is 0 Å². The van der Waals surface area contributed by atoms with Crippen molar-refractivity contribution < 1.29 is 23.9 Å². The zero-order valence-corrected chi connectivity index (χ0v) is 34.8. The van der Waals surface area contributed by atoms with Gasteiger partial charge in [0.25, 0.3) is 0 Å². The maximum atomic E-state index is 15.2. The summed E-state index contributed by atoms with van der Waals surface area (Å²) in [6.07, 6.45) is 11.0. The van der Waals surface area contributed by atoms with Gasteiger partial charge in [-0.3, -0.25) is 45.6 Å². The highest BCUT2D eigenvalue weighted by molar-refractivity contribution is 6.01. The van der Waals surface area contributed by atoms with E-state index in [9.17, 15) is 19.5 Å². The predicted octanol–water partition coefficient (Wildman–Crippen LogP) is 2.54. The summed E-state index contributed by atoms with van der Waals surface area (Å²) in [4.78, 5) is 44.4. The van der Waals surface area contributed by atoms with Crippen LogP contribution in [-0.4, -0.2) is 133 Å². The number of piperazine rings is 1. The fourth-order valence-corrected chi connectivity index (χ4v) is 10.5. The van der Waals surface area contributed by atoms with Gasteiger partial charge in [0.1, 0.15) is 18.1 Å². The van der Waals surface area contributed by atoms with Crippen molar-refractivity contribution in [2.45, 2.75) is 101 Å². The third kappa shape index (κ3) is 8.86. The first-order chi connectivity index (χ1) is 29.1. The summed E-state index contributed by atoms with van der Waals surface area (Å²) in [6, 6.07) is 13.2. The number of rotatable bonds is 8. The van der Waals surface area contributed by atoms with Crippen LogP contribution < -0.4 is 41.7 Å². The van der Waals surface area contributed by atoms with Crippen molar-refractivity contribution in [3.05, 3.63) is 60.4 Å². The Morgan fingerprint density at radius 1 is 0.867 bits per heavy atom. The first-order valence-corrected chi connectivity index (χ1v) is 22.3. The highest BCUT2D eigenvalue weighted by Crippen LogP contribution is 2.35. The van der Waals surface area contributed by atoms with Gasteiger partial charge in [-0.1, -0.05) is 12.2 Å². The molecule has 324 valence electrons. The van der Waals surface area contributed by atoms with E-state index in [-0.39, 0.29) is 60.5 Å². The molecule has 7 heterocycles. The average molecular weight is 828 g/mol. The van der Waals surface area contributed by atoms with Crippen LogP contribution in [0.3, 0.4) is 0 Å². The Balaban J connectivity index is 0.731. The van der Waals surface area contributed by atoms with E-state index in [0.717, 1.165) is 90.0 Å². The molecule has 15 nitrogen and oxygen atoms in total. The molecule has 0 saturated carbocycles. The first-order valence-electron chi connectivity index (χ1n) is 22.3. The lowest BCUT2D eigenvalue weighted by molar-refractivity contribution is -0.146. The number of carbonyl (C=O) groups excluding carboxylic acids is 3. The third-order valence-corrected chi connectivity index (χ3v) is 14.0. The Labute approximate surface area is 352 Å². The Morgan fingerprint density at radius 3 is 2.42 bits per heavy atom. The standard InChI is InChI=1S/C44H62FN11O4/c1-44(60)18-3-2-4-19-55-42(59)33-27-46-43(51-40(33)56(55)38-7-5-6-37(44)49-38)48-30-8-11-32(12-9-30)53-20-16-29(17-21-53)28-52-22-24-54(25-23-52)36-14-10-31(26-34(36)45)47-35-13-15-39(57)50-41(35)58/h2,4,8-12,14,26,29,33,35,37-38,40,43,46-49,51,60H,3,5-7,13,15-25,27-28H2,1H3,(H,50,57,58)/b4-2-. The number of imide groups is 1. The SMILES string of the molecule is CC1(O)CC/C=C\CN2C(=O)C3CNC(Nc4ccc(N5CCC(CN6CCN(c7ccc(NC8CCC(=O)NC8=O)cc7F)CC6)CC5)cc4)NC3N2C2CCCC1N2. The molecule has 7 aliphatic rings. The number of benzene rings is 2. The smallest absolute Gasteiger partial charge is 0.249 e. The molecule has 2 aromatic rings. The lowest BCUT2D eigenvalue weighted by Crippen LogP contribution is -2.69. The molecule has 7 unspecified atom stereocenters. The van der Waals surface area contributed by atoms with Crippen molar-refractivity contribution in [2.75, 3.05) is 79.3 Å². The molecule has 2 bridgehead atoms. The number of allylic oxidation sites excluding steroid dienone is 1. The molecule has 6 fully saturated rings. The van der Waals surface area contributed by atoms with E-state index in [2.05, 4.69) is 88.0 Å². The molecule has 2 aromatic carbocycles. The number of nitrogens with one attached hydrogen (secondary N) is 6. The molecule has 60 heavy (non-hydrogen) atoms. The van der Waals surface area contributed by atoms with E-state index >= 15 is 4.39 Å². The largest absolute Gasteiger partial charge is 0.389 e. The summed E-state index contributed by atoms with van der Waals surface area (Å²) in [6.45, 7) is 9.43. The number of piperidine rings is 3. The zero-order chi connectivity index (χ0) is 41.4. The van der Waals surface area contributed by atoms with Gasteiger partial charge in [0.05, 0.1) is 36.1 Å². The maximum Gasteiger partial charge on any atom is 0.249 e. The van der Waals surface area contributed by atoms with Crippen molar-refractivity contribution in [3.8, 4) is 0 Å². The summed E-state index contributed by atoms with van der Waals surface area (Å²) in [5, 5.41) is 35.5. The summed E-state index contributed by atoms with van der Waals surface area (Å²) < 4.78 is 15.2. The number of anilines is 4. The minimum Gasteiger partial charge on any atom is -0.389 e. The van der Waals surface area contributed by atoms with E-state index in [4.69, 9.17) is 0 Å². The van der Waals surface area contributed by atoms with Crippen LogP contribution in [0.15, 0.2) is 54.6 Å². The number of fused-ring (bicyclic) bond motifs is 6. The summed E-state index contributed by atoms with van der Waals surface area (Å²) in [7, 11) is 0. The van der Waals surface area contributed by atoms with Crippen LogP contribution in [0.2, 0.25) is 0 Å². The molecule has 0 spiro atoms. The second-order valence-electron chi connectivity index (χ2n) is 18.1. The summed E-state index contributed by atoms with van der Waals surface area (Å²) in [5.41, 5.74) is 2.54. The number of halogens is 1. The van der Waals surface area contributed by atoms with E-state index in [0.29, 0.717) is 43.2 Å². The van der Waals surface area contributed by atoms with E-state index < -0.39 is 11.6 Å². The van der Waals surface area contributed by atoms with Crippen LogP contribution >= 0.6 is 0 Å². The lowest BCUT2D eigenvalue weighted by atomic mass is 9.85. The summed E-state index contributed by atoms with van der Waals surface area (Å²) in [5.74, 6) is -0.399. The number of hydrogen-bond acceptors (Lipinski definition) is 13. The van der Waals surface area contributed by atoms with Gasteiger partial charge in [-0.2, -0.15) is 5.01 Å². The van der Waals surface area contributed by atoms with E-state index in [1.807, 2.05) is 18.0 Å². The average Bonchev–Trinajstić information content (AvgIpc) is 3.52. The van der Waals surface area contributed by atoms with Crippen molar-refractivity contribution in [2.24, 2.45) is 11.8 Å². The Hall–Kier alpha value is -4.32. The minimum absolute atomic E-state index is 0.0227. The Morgan fingerprint density at radius 2 is 1.65 bits per heavy atom. The first kappa shape index (κ1) is 41.1. The van der Waals surface area contributed by atoms with Gasteiger partial charge < -0.3 is 25.5 Å². The second kappa shape index (κ2) is 17.6. The monoisotopic (exact) mass is 827 g/mol. The molecular formula is C44H62FN11O4. The topological polar surface area (TPSA) is 160 Å². The van der Waals surface area contributed by atoms with Crippen molar-refractivity contribution in [1.82, 2.24) is 36.2 Å². The molecule has 7 aliphatic heterocycles. The quantitative estimate of drug-likeness (QED) is 0.154. The van der Waals surface area contributed by atoms with Gasteiger partial charge in [-0.25, -0.2) is 4.39 Å². The number of carbonyl (C=O) groups is 3. The molecule has 9 rings (SSSR count). The summed E-state index contributed by atoms with van der Waals surface area (Å²) >= 11 is 0. The van der Waals surface area contributed by atoms with E-state index in [1.165, 1.54) is 11.8 Å². The van der Waals surface area contributed by atoms with Crippen LogP contribution in [-0.2, 0) is 14.4 Å². The van der Waals surface area contributed by atoms with Gasteiger partial charge in [0, 0.05) is 81.9 Å². The van der Waals surface area contributed by atoms with Crippen molar-refractivity contribution in [1.29, 1.82) is 0 Å². The highest BCUT2D eigenvalue weighted by atomic mass is 19.1. The molecule has 7 atom stereocenters. The van der Waals surface area contributed by atoms with Gasteiger partial charge in [-0.15, -0.1) is 0 Å². The van der Waals surface area contributed by atoms with Gasteiger partial charge in [0.2, 0.25) is 17.7 Å². The van der Waals surface area contributed by atoms with Crippen LogP contribution in [0.25, 0.3) is 0 Å². The van der Waals surface area contributed by atoms with Crippen molar-refractivity contribution >= 4 is 40.5 Å². The van der Waals surface area contributed by atoms with Crippen LogP contribution in [0, 0.1) is 17.7 Å². The molecule has 3 amide bonds. The third-order valence-electron chi connectivity index (χ3n) is 14.0. The molecule has 0 radical (unpaired) electrons. The van der Waals surface area contributed by atoms with Crippen LogP contribution in [0.5, 0.6) is 0 Å². The molecule has 7 N–H and O–H groups in total. The number of hydrogen-bond donors (Lipinski definition) is 7. The molecule has 0 aromatic heterocycles. The number of nitrogens with zero attached hydrogens (tertiary/aromatic N) is 5. The van der Waals surface area contributed by atoms with Gasteiger partial charge in [-0.05, 0) is 107 Å². The fraction of sp³-hybridized carbons (Fsp3) is 0.614. The minimum atomic E-state index is -0.810. The highest BCUT2D eigenvalue weighted by Gasteiger charge is 2.52. The zero-order valence-electron chi connectivity index (χ0n) is 34.8. The Kier molecular flexibility index (Phi) is 12.0. The van der Waals surface area contributed by atoms with Crippen molar-refractivity contribution in [3.63, 3.8) is 0 Å². The normalized spacial score (nSPS) is 32.8. The number of amides is 3. The molecule has 6 saturated heterocycles. The molecule has 16 heteroatoms. The molecule has 0 aliphatic carbocycles. The van der Waals surface area contributed by atoms with Crippen LogP contribution in [0.4, 0.5) is 27.1 Å². The molecular weight excluding hydrogens is 766 g/mol. The van der Waals surface area contributed by atoms with Crippen LogP contribution in [0.1, 0.15) is 64.7 Å². The second-order valence-corrected chi connectivity index (χ2v) is 18.1. The van der Waals surface area contributed by atoms with Gasteiger partial charge in [0.15, 0.2) is 0 Å². The maximum absolute atomic E-state index is 15.2. The number of hydrazine groups is 1. The lowest BCUT2D eigenvalue weighted by Gasteiger charge is -2.47. The number of aliphatic hydroxyl groups is 1. The Bertz CT molecular complexity index is 1900. The fourth-order valence-electron chi connectivity index (χ4n) is 10.5. The predicted molar refractivity (Wildman–Crippen MR) is 229 cm³/mol. The van der Waals surface area contributed by atoms with E-state index in [1.54, 1.807) is 6.07 Å².